The molecule has 78 valence electrons. The van der Waals surface area contributed by atoms with Gasteiger partial charge >= 0.3 is 0 Å². The standard InChI is InChI=1S/C14H22/c1-12(2)14(10-6-3-7-11-14)13-8-4-5-9-13/h4-5,8-9,12-13H,3,6-7,10-11H2,1-2H3. The molecule has 1 fully saturated rings. The molecular formula is C14H22. The van der Waals surface area contributed by atoms with Gasteiger partial charge in [0.15, 0.2) is 0 Å². The molecule has 0 heteroatoms. The lowest BCUT2D eigenvalue weighted by Crippen LogP contribution is -2.35. The Morgan fingerprint density at radius 1 is 1.00 bits per heavy atom. The van der Waals surface area contributed by atoms with E-state index in [1.54, 1.807) is 0 Å². The van der Waals surface area contributed by atoms with E-state index in [1.807, 2.05) is 0 Å². The van der Waals surface area contributed by atoms with Gasteiger partial charge in [-0.1, -0.05) is 57.4 Å². The Labute approximate surface area is 88.1 Å². The summed E-state index contributed by atoms with van der Waals surface area (Å²) in [6.45, 7) is 4.82. The maximum Gasteiger partial charge on any atom is 0.00117 e. The Morgan fingerprint density at radius 2 is 1.57 bits per heavy atom. The Morgan fingerprint density at radius 3 is 2.07 bits per heavy atom. The average Bonchev–Trinajstić information content (AvgIpc) is 2.72. The fourth-order valence-electron chi connectivity index (χ4n) is 3.32. The van der Waals surface area contributed by atoms with Crippen LogP contribution in [0.25, 0.3) is 0 Å². The van der Waals surface area contributed by atoms with Crippen molar-refractivity contribution in [1.82, 2.24) is 0 Å². The topological polar surface area (TPSA) is 0 Å². The first-order valence-corrected chi connectivity index (χ1v) is 6.11. The van der Waals surface area contributed by atoms with Crippen molar-refractivity contribution in [3.8, 4) is 0 Å². The van der Waals surface area contributed by atoms with Crippen LogP contribution in [0.1, 0.15) is 46.0 Å². The zero-order chi connectivity index (χ0) is 10.0. The van der Waals surface area contributed by atoms with Gasteiger partial charge in [0.05, 0.1) is 0 Å². The lowest BCUT2D eigenvalue weighted by Gasteiger charge is -2.44. The van der Waals surface area contributed by atoms with Gasteiger partial charge in [0.1, 0.15) is 0 Å². The van der Waals surface area contributed by atoms with Crippen LogP contribution in [-0.4, -0.2) is 0 Å². The first-order valence-electron chi connectivity index (χ1n) is 6.11. The molecule has 2 rings (SSSR count). The second-order valence-electron chi connectivity index (χ2n) is 5.24. The zero-order valence-electron chi connectivity index (χ0n) is 9.50. The lowest BCUT2D eigenvalue weighted by atomic mass is 9.60. The molecule has 0 saturated heterocycles. The van der Waals surface area contributed by atoms with E-state index in [9.17, 15) is 0 Å². The molecule has 2 aliphatic carbocycles. The van der Waals surface area contributed by atoms with E-state index in [4.69, 9.17) is 0 Å². The summed E-state index contributed by atoms with van der Waals surface area (Å²) in [4.78, 5) is 0. The van der Waals surface area contributed by atoms with E-state index < -0.39 is 0 Å². The van der Waals surface area contributed by atoms with E-state index in [2.05, 4.69) is 38.2 Å². The number of allylic oxidation sites excluding steroid dienone is 4. The van der Waals surface area contributed by atoms with Crippen LogP contribution in [-0.2, 0) is 0 Å². The highest BCUT2D eigenvalue weighted by molar-refractivity contribution is 5.21. The molecule has 0 aromatic carbocycles. The molecular weight excluding hydrogens is 168 g/mol. The average molecular weight is 190 g/mol. The molecule has 1 saturated carbocycles. The van der Waals surface area contributed by atoms with Crippen molar-refractivity contribution >= 4 is 0 Å². The van der Waals surface area contributed by atoms with Crippen LogP contribution in [0.2, 0.25) is 0 Å². The van der Waals surface area contributed by atoms with Crippen LogP contribution in [0.4, 0.5) is 0 Å². The van der Waals surface area contributed by atoms with Crippen LogP contribution in [0, 0.1) is 17.3 Å². The van der Waals surface area contributed by atoms with Gasteiger partial charge in [-0.05, 0) is 24.2 Å². The van der Waals surface area contributed by atoms with E-state index in [0.29, 0.717) is 5.41 Å². The summed E-state index contributed by atoms with van der Waals surface area (Å²) in [5.74, 6) is 1.54. The summed E-state index contributed by atoms with van der Waals surface area (Å²) in [5.41, 5.74) is 0.585. The largest absolute Gasteiger partial charge is 0.0771 e. The second kappa shape index (κ2) is 3.92. The van der Waals surface area contributed by atoms with Gasteiger partial charge in [-0.15, -0.1) is 0 Å². The van der Waals surface area contributed by atoms with Gasteiger partial charge in [-0.25, -0.2) is 0 Å². The molecule has 0 radical (unpaired) electrons. The predicted molar refractivity (Wildman–Crippen MR) is 62.1 cm³/mol. The van der Waals surface area contributed by atoms with Gasteiger partial charge in [0.25, 0.3) is 0 Å². The van der Waals surface area contributed by atoms with Crippen molar-refractivity contribution in [2.75, 3.05) is 0 Å². The molecule has 0 heterocycles. The molecule has 0 aromatic heterocycles. The van der Waals surface area contributed by atoms with Crippen molar-refractivity contribution in [2.24, 2.45) is 17.3 Å². The minimum atomic E-state index is 0.585. The first-order chi connectivity index (χ1) is 6.76. The fourth-order valence-corrected chi connectivity index (χ4v) is 3.32. The van der Waals surface area contributed by atoms with Gasteiger partial charge < -0.3 is 0 Å². The van der Waals surface area contributed by atoms with E-state index in [0.717, 1.165) is 11.8 Å². The molecule has 0 spiro atoms. The molecule has 0 aliphatic heterocycles. The third kappa shape index (κ3) is 1.55. The van der Waals surface area contributed by atoms with E-state index >= 15 is 0 Å². The first kappa shape index (κ1) is 10.0. The number of hydrogen-bond donors (Lipinski definition) is 0. The lowest BCUT2D eigenvalue weighted by molar-refractivity contribution is 0.0863. The van der Waals surface area contributed by atoms with Gasteiger partial charge in [-0.3, -0.25) is 0 Å². The Hall–Kier alpha value is -0.520. The summed E-state index contributed by atoms with van der Waals surface area (Å²) in [7, 11) is 0. The highest BCUT2D eigenvalue weighted by atomic mass is 14.4. The molecule has 0 amide bonds. The van der Waals surface area contributed by atoms with Gasteiger partial charge in [0, 0.05) is 5.92 Å². The summed E-state index contributed by atoms with van der Waals surface area (Å²) in [6, 6.07) is 0. The monoisotopic (exact) mass is 190 g/mol. The van der Waals surface area contributed by atoms with Crippen LogP contribution >= 0.6 is 0 Å². The third-order valence-corrected chi connectivity index (χ3v) is 4.35. The molecule has 2 aliphatic rings. The molecule has 0 aromatic rings. The van der Waals surface area contributed by atoms with E-state index in [1.165, 1.54) is 32.1 Å². The van der Waals surface area contributed by atoms with Crippen molar-refractivity contribution in [3.63, 3.8) is 0 Å². The van der Waals surface area contributed by atoms with Crippen LogP contribution < -0.4 is 0 Å². The van der Waals surface area contributed by atoms with Crippen LogP contribution in [0.3, 0.4) is 0 Å². The van der Waals surface area contributed by atoms with Crippen molar-refractivity contribution in [3.05, 3.63) is 24.3 Å². The fraction of sp³-hybridized carbons (Fsp3) is 0.714. The SMILES string of the molecule is CC(C)C1(C2C=CC=C2)CCCCC1. The Kier molecular flexibility index (Phi) is 2.80. The molecule has 0 bridgehead atoms. The number of rotatable bonds is 2. The highest BCUT2D eigenvalue weighted by Crippen LogP contribution is 2.50. The normalized spacial score (nSPS) is 26.2. The quantitative estimate of drug-likeness (QED) is 0.608. The number of hydrogen-bond acceptors (Lipinski definition) is 0. The smallest absolute Gasteiger partial charge is 0.00117 e. The van der Waals surface area contributed by atoms with Crippen LogP contribution in [0.5, 0.6) is 0 Å². The Bertz CT molecular complexity index is 227. The molecule has 0 nitrogen and oxygen atoms in total. The summed E-state index contributed by atoms with van der Waals surface area (Å²) in [6.07, 6.45) is 16.5. The molecule has 0 atom stereocenters. The van der Waals surface area contributed by atoms with Crippen molar-refractivity contribution in [2.45, 2.75) is 46.0 Å². The van der Waals surface area contributed by atoms with Gasteiger partial charge in [0.2, 0.25) is 0 Å². The maximum atomic E-state index is 2.41. The second-order valence-corrected chi connectivity index (χ2v) is 5.24. The van der Waals surface area contributed by atoms with E-state index in [-0.39, 0.29) is 0 Å². The van der Waals surface area contributed by atoms with Gasteiger partial charge in [-0.2, -0.15) is 0 Å². The zero-order valence-corrected chi connectivity index (χ0v) is 9.50. The molecule has 0 unspecified atom stereocenters. The summed E-state index contributed by atoms with van der Waals surface area (Å²) >= 11 is 0. The highest BCUT2D eigenvalue weighted by Gasteiger charge is 2.40. The third-order valence-electron chi connectivity index (χ3n) is 4.35. The maximum absolute atomic E-state index is 2.41. The molecule has 14 heavy (non-hydrogen) atoms. The minimum absolute atomic E-state index is 0.585. The van der Waals surface area contributed by atoms with Crippen molar-refractivity contribution in [1.29, 1.82) is 0 Å². The molecule has 0 N–H and O–H groups in total. The Balaban J connectivity index is 2.20. The van der Waals surface area contributed by atoms with Crippen molar-refractivity contribution < 1.29 is 0 Å². The van der Waals surface area contributed by atoms with Crippen LogP contribution in [0.15, 0.2) is 24.3 Å². The predicted octanol–water partition coefficient (Wildman–Crippen LogP) is 4.34. The summed E-state index contributed by atoms with van der Waals surface area (Å²) in [5, 5.41) is 0. The minimum Gasteiger partial charge on any atom is -0.0771 e. The summed E-state index contributed by atoms with van der Waals surface area (Å²) < 4.78 is 0.